The smallest absolute Gasteiger partial charge is 0.323 e. The second-order valence-electron chi connectivity index (χ2n) is 4.57. The molecular formula is C16H15N3O2. The standard InChI is InChI=1S/C16H15N3O2/c1-11(20)13-3-2-4-15(9-13)19-16(21)18-14-7-5-12(10-17)6-8-14/h2-9,11,20H,1H3,(H2,18,19,21). The summed E-state index contributed by atoms with van der Waals surface area (Å²) >= 11 is 0. The molecule has 3 N–H and O–H groups in total. The zero-order valence-electron chi connectivity index (χ0n) is 11.5. The number of carbonyl (C=O) groups is 1. The number of nitrogens with one attached hydrogen (secondary N) is 2. The number of nitriles is 1. The van der Waals surface area contributed by atoms with E-state index in [0.717, 1.165) is 5.56 Å². The Labute approximate surface area is 122 Å². The first kappa shape index (κ1) is 14.6. The van der Waals surface area contributed by atoms with Gasteiger partial charge in [0.25, 0.3) is 0 Å². The molecule has 2 aromatic carbocycles. The molecule has 0 aromatic heterocycles. The van der Waals surface area contributed by atoms with Crippen LogP contribution in [0.15, 0.2) is 48.5 Å². The molecule has 5 nitrogen and oxygen atoms in total. The number of benzene rings is 2. The molecule has 5 heteroatoms. The van der Waals surface area contributed by atoms with Crippen molar-refractivity contribution in [3.8, 4) is 6.07 Å². The summed E-state index contributed by atoms with van der Waals surface area (Å²) in [7, 11) is 0. The molecule has 0 heterocycles. The Morgan fingerprint density at radius 1 is 1.14 bits per heavy atom. The number of rotatable bonds is 3. The van der Waals surface area contributed by atoms with Crippen LogP contribution in [-0.2, 0) is 0 Å². The van der Waals surface area contributed by atoms with Gasteiger partial charge in [0, 0.05) is 11.4 Å². The highest BCUT2D eigenvalue weighted by Gasteiger charge is 2.05. The molecule has 0 saturated heterocycles. The Hall–Kier alpha value is -2.84. The predicted molar refractivity (Wildman–Crippen MR) is 80.9 cm³/mol. The van der Waals surface area contributed by atoms with Gasteiger partial charge in [-0.2, -0.15) is 5.26 Å². The third-order valence-electron chi connectivity index (χ3n) is 2.90. The van der Waals surface area contributed by atoms with E-state index in [9.17, 15) is 9.90 Å². The highest BCUT2D eigenvalue weighted by atomic mass is 16.3. The Bertz CT molecular complexity index is 673. The summed E-state index contributed by atoms with van der Waals surface area (Å²) in [6.45, 7) is 1.66. The number of hydrogen-bond acceptors (Lipinski definition) is 3. The summed E-state index contributed by atoms with van der Waals surface area (Å²) in [6, 6.07) is 15.2. The fourth-order valence-corrected chi connectivity index (χ4v) is 1.80. The number of hydrogen-bond donors (Lipinski definition) is 3. The van der Waals surface area contributed by atoms with Crippen molar-refractivity contribution in [2.24, 2.45) is 0 Å². The van der Waals surface area contributed by atoms with Crippen molar-refractivity contribution >= 4 is 17.4 Å². The Morgan fingerprint density at radius 2 is 1.81 bits per heavy atom. The maximum absolute atomic E-state index is 11.9. The predicted octanol–water partition coefficient (Wildman–Crippen LogP) is 3.26. The molecule has 21 heavy (non-hydrogen) atoms. The molecule has 0 aliphatic rings. The van der Waals surface area contributed by atoms with Crippen molar-refractivity contribution in [1.82, 2.24) is 0 Å². The molecule has 2 amide bonds. The number of carbonyl (C=O) groups excluding carboxylic acids is 1. The van der Waals surface area contributed by atoms with Gasteiger partial charge in [-0.1, -0.05) is 12.1 Å². The van der Waals surface area contributed by atoms with Crippen molar-refractivity contribution in [3.63, 3.8) is 0 Å². The summed E-state index contributed by atoms with van der Waals surface area (Å²) in [5, 5.41) is 23.6. The van der Waals surface area contributed by atoms with Gasteiger partial charge in [0.05, 0.1) is 17.7 Å². The topological polar surface area (TPSA) is 85.2 Å². The van der Waals surface area contributed by atoms with Gasteiger partial charge in [0.1, 0.15) is 0 Å². The van der Waals surface area contributed by atoms with E-state index < -0.39 is 6.10 Å². The second-order valence-corrected chi connectivity index (χ2v) is 4.57. The number of nitrogens with zero attached hydrogens (tertiary/aromatic N) is 1. The molecule has 0 aliphatic heterocycles. The van der Waals surface area contributed by atoms with Gasteiger partial charge < -0.3 is 15.7 Å². The lowest BCUT2D eigenvalue weighted by Gasteiger charge is -2.10. The molecular weight excluding hydrogens is 266 g/mol. The minimum absolute atomic E-state index is 0.387. The Morgan fingerprint density at radius 3 is 2.43 bits per heavy atom. The van der Waals surface area contributed by atoms with E-state index in [-0.39, 0.29) is 6.03 Å². The van der Waals surface area contributed by atoms with Crippen LogP contribution in [0.4, 0.5) is 16.2 Å². The second kappa shape index (κ2) is 6.55. The maximum atomic E-state index is 11.9. The average Bonchev–Trinajstić information content (AvgIpc) is 2.48. The van der Waals surface area contributed by atoms with Crippen LogP contribution in [0, 0.1) is 11.3 Å². The molecule has 0 bridgehead atoms. The van der Waals surface area contributed by atoms with Crippen molar-refractivity contribution < 1.29 is 9.90 Å². The van der Waals surface area contributed by atoms with Gasteiger partial charge in [0.15, 0.2) is 0 Å². The molecule has 106 valence electrons. The SMILES string of the molecule is CC(O)c1cccc(NC(=O)Nc2ccc(C#N)cc2)c1. The van der Waals surface area contributed by atoms with E-state index in [1.165, 1.54) is 0 Å². The van der Waals surface area contributed by atoms with E-state index >= 15 is 0 Å². The fourth-order valence-electron chi connectivity index (χ4n) is 1.80. The van der Waals surface area contributed by atoms with E-state index in [1.807, 2.05) is 6.07 Å². The van der Waals surface area contributed by atoms with E-state index in [4.69, 9.17) is 5.26 Å². The van der Waals surface area contributed by atoms with E-state index in [0.29, 0.717) is 16.9 Å². The Kier molecular flexibility index (Phi) is 4.54. The number of anilines is 2. The molecule has 2 rings (SSSR count). The molecule has 1 atom stereocenters. The lowest BCUT2D eigenvalue weighted by atomic mass is 10.1. The lowest BCUT2D eigenvalue weighted by Crippen LogP contribution is -2.19. The summed E-state index contributed by atoms with van der Waals surface area (Å²) in [5.74, 6) is 0. The van der Waals surface area contributed by atoms with E-state index in [2.05, 4.69) is 10.6 Å². The summed E-state index contributed by atoms with van der Waals surface area (Å²) in [5.41, 5.74) is 2.45. The molecule has 0 saturated carbocycles. The summed E-state index contributed by atoms with van der Waals surface area (Å²) in [4.78, 5) is 11.9. The van der Waals surface area contributed by atoms with Crippen LogP contribution in [0.5, 0.6) is 0 Å². The van der Waals surface area contributed by atoms with Crippen LogP contribution in [0.3, 0.4) is 0 Å². The zero-order valence-corrected chi connectivity index (χ0v) is 11.5. The van der Waals surface area contributed by atoms with Crippen molar-refractivity contribution in [1.29, 1.82) is 5.26 Å². The first-order valence-corrected chi connectivity index (χ1v) is 6.44. The van der Waals surface area contributed by atoms with Crippen LogP contribution in [0.2, 0.25) is 0 Å². The normalized spacial score (nSPS) is 11.3. The largest absolute Gasteiger partial charge is 0.389 e. The third kappa shape index (κ3) is 4.06. The van der Waals surface area contributed by atoms with Gasteiger partial charge in [-0.15, -0.1) is 0 Å². The maximum Gasteiger partial charge on any atom is 0.323 e. The van der Waals surface area contributed by atoms with Gasteiger partial charge in [0.2, 0.25) is 0 Å². The van der Waals surface area contributed by atoms with Gasteiger partial charge >= 0.3 is 6.03 Å². The quantitative estimate of drug-likeness (QED) is 0.807. The van der Waals surface area contributed by atoms with Gasteiger partial charge in [-0.3, -0.25) is 0 Å². The molecule has 0 aliphatic carbocycles. The molecule has 2 aromatic rings. The molecule has 1 unspecified atom stereocenters. The third-order valence-corrected chi connectivity index (χ3v) is 2.90. The van der Waals surface area contributed by atoms with Crippen LogP contribution >= 0.6 is 0 Å². The van der Waals surface area contributed by atoms with Crippen molar-refractivity contribution in [2.45, 2.75) is 13.0 Å². The highest BCUT2D eigenvalue weighted by molar-refractivity contribution is 5.99. The van der Waals surface area contributed by atoms with Gasteiger partial charge in [-0.05, 0) is 48.9 Å². The zero-order chi connectivity index (χ0) is 15.2. The highest BCUT2D eigenvalue weighted by Crippen LogP contribution is 2.17. The monoisotopic (exact) mass is 281 g/mol. The fraction of sp³-hybridized carbons (Fsp3) is 0.125. The van der Waals surface area contributed by atoms with Crippen LogP contribution in [0.1, 0.15) is 24.2 Å². The minimum atomic E-state index is -0.590. The number of aliphatic hydroxyl groups excluding tert-OH is 1. The van der Waals surface area contributed by atoms with Crippen molar-refractivity contribution in [3.05, 3.63) is 59.7 Å². The van der Waals surface area contributed by atoms with Crippen LogP contribution in [-0.4, -0.2) is 11.1 Å². The van der Waals surface area contributed by atoms with E-state index in [1.54, 1.807) is 55.5 Å². The number of aliphatic hydroxyl groups is 1. The summed E-state index contributed by atoms with van der Waals surface area (Å²) < 4.78 is 0. The van der Waals surface area contributed by atoms with Crippen LogP contribution < -0.4 is 10.6 Å². The van der Waals surface area contributed by atoms with Crippen molar-refractivity contribution in [2.75, 3.05) is 10.6 Å². The first-order valence-electron chi connectivity index (χ1n) is 6.44. The summed E-state index contributed by atoms with van der Waals surface area (Å²) in [6.07, 6.45) is -0.590. The lowest BCUT2D eigenvalue weighted by molar-refractivity contribution is 0.199. The molecule has 0 radical (unpaired) electrons. The first-order chi connectivity index (χ1) is 10.1. The Balaban J connectivity index is 2.01. The average molecular weight is 281 g/mol. The molecule has 0 fully saturated rings. The van der Waals surface area contributed by atoms with Gasteiger partial charge in [-0.25, -0.2) is 4.79 Å². The molecule has 0 spiro atoms. The minimum Gasteiger partial charge on any atom is -0.389 e. The number of urea groups is 1. The number of amides is 2. The van der Waals surface area contributed by atoms with Crippen LogP contribution in [0.25, 0.3) is 0 Å².